The highest BCUT2D eigenvalue weighted by atomic mass is 16.5. The fourth-order valence-electron chi connectivity index (χ4n) is 4.55. The zero-order valence-corrected chi connectivity index (χ0v) is 19.1. The van der Waals surface area contributed by atoms with Gasteiger partial charge in [-0.3, -0.25) is 19.1 Å². The second kappa shape index (κ2) is 9.12. The van der Waals surface area contributed by atoms with Gasteiger partial charge in [-0.2, -0.15) is 0 Å². The first-order chi connectivity index (χ1) is 15.5. The number of fused-ring (bicyclic) bond motifs is 1. The summed E-state index contributed by atoms with van der Waals surface area (Å²) in [5, 5.41) is 0.570. The van der Waals surface area contributed by atoms with Gasteiger partial charge in [0.05, 0.1) is 29.7 Å². The molecule has 0 saturated carbocycles. The molecule has 1 saturated heterocycles. The molecule has 0 radical (unpaired) electrons. The second-order valence-electron chi connectivity index (χ2n) is 8.26. The van der Waals surface area contributed by atoms with Crippen LogP contribution in [0, 0.1) is 0 Å². The zero-order valence-electron chi connectivity index (χ0n) is 19.1. The Morgan fingerprint density at radius 3 is 2.59 bits per heavy atom. The van der Waals surface area contributed by atoms with Crippen LogP contribution in [-0.2, 0) is 4.79 Å². The molecule has 1 amide bonds. The monoisotopic (exact) mass is 434 g/mol. The maximum atomic E-state index is 13.6. The molecule has 2 aromatic carbocycles. The molecule has 4 rings (SSSR count). The van der Waals surface area contributed by atoms with Gasteiger partial charge in [-0.15, -0.1) is 0 Å². The van der Waals surface area contributed by atoms with E-state index in [0.717, 1.165) is 13.1 Å². The van der Waals surface area contributed by atoms with Crippen molar-refractivity contribution >= 4 is 16.8 Å². The van der Waals surface area contributed by atoms with Crippen molar-refractivity contribution in [2.24, 2.45) is 0 Å². The van der Waals surface area contributed by atoms with Gasteiger partial charge in [-0.1, -0.05) is 31.2 Å². The number of methoxy groups -OCH3 is 1. The Morgan fingerprint density at radius 1 is 1.16 bits per heavy atom. The third-order valence-corrected chi connectivity index (χ3v) is 6.33. The van der Waals surface area contributed by atoms with Gasteiger partial charge in [0.25, 0.3) is 5.56 Å². The van der Waals surface area contributed by atoms with E-state index in [1.54, 1.807) is 11.7 Å². The summed E-state index contributed by atoms with van der Waals surface area (Å²) in [7, 11) is 1.60. The molecule has 0 aliphatic carbocycles. The van der Waals surface area contributed by atoms with Crippen LogP contribution in [0.15, 0.2) is 53.3 Å². The molecule has 2 heterocycles. The van der Waals surface area contributed by atoms with Gasteiger partial charge in [-0.05, 0) is 38.1 Å². The predicted molar refractivity (Wildman–Crippen MR) is 125 cm³/mol. The van der Waals surface area contributed by atoms with Crippen molar-refractivity contribution in [3.63, 3.8) is 0 Å². The predicted octanol–water partition coefficient (Wildman–Crippen LogP) is 3.40. The van der Waals surface area contributed by atoms with Gasteiger partial charge >= 0.3 is 0 Å². The van der Waals surface area contributed by atoms with Crippen molar-refractivity contribution in [3.05, 3.63) is 64.7 Å². The number of piperazine rings is 1. The molecular formula is C25H30N4O3. The number of para-hydroxylation sites is 3. The van der Waals surface area contributed by atoms with E-state index in [1.807, 2.05) is 60.4 Å². The lowest BCUT2D eigenvalue weighted by Crippen LogP contribution is -2.54. The minimum atomic E-state index is -0.126. The average Bonchev–Trinajstić information content (AvgIpc) is 2.83. The van der Waals surface area contributed by atoms with E-state index in [1.165, 1.54) is 0 Å². The van der Waals surface area contributed by atoms with Crippen LogP contribution in [0.3, 0.4) is 0 Å². The highest BCUT2D eigenvalue weighted by Gasteiger charge is 2.31. The van der Waals surface area contributed by atoms with Crippen molar-refractivity contribution in [1.29, 1.82) is 0 Å². The molecule has 7 nitrogen and oxygen atoms in total. The number of aromatic nitrogens is 2. The Morgan fingerprint density at radius 2 is 1.88 bits per heavy atom. The second-order valence-corrected chi connectivity index (χ2v) is 8.26. The van der Waals surface area contributed by atoms with Gasteiger partial charge in [-0.25, -0.2) is 4.98 Å². The lowest BCUT2D eigenvalue weighted by atomic mass is 10.1. The largest absolute Gasteiger partial charge is 0.495 e. The zero-order chi connectivity index (χ0) is 22.8. The minimum absolute atomic E-state index is 0.102. The summed E-state index contributed by atoms with van der Waals surface area (Å²) >= 11 is 0. The molecule has 1 fully saturated rings. The van der Waals surface area contributed by atoms with Crippen molar-refractivity contribution in [3.8, 4) is 11.4 Å². The van der Waals surface area contributed by atoms with Crippen LogP contribution in [0.4, 0.5) is 0 Å². The van der Waals surface area contributed by atoms with E-state index in [9.17, 15) is 9.59 Å². The number of hydrogen-bond donors (Lipinski definition) is 0. The fraction of sp³-hybridized carbons (Fsp3) is 0.400. The Kier molecular flexibility index (Phi) is 6.28. The van der Waals surface area contributed by atoms with Crippen LogP contribution >= 0.6 is 0 Å². The van der Waals surface area contributed by atoms with E-state index in [0.29, 0.717) is 41.1 Å². The highest BCUT2D eigenvalue weighted by Crippen LogP contribution is 2.28. The molecular weight excluding hydrogens is 404 g/mol. The summed E-state index contributed by atoms with van der Waals surface area (Å²) in [4.78, 5) is 35.1. The molecule has 1 aliphatic rings. The minimum Gasteiger partial charge on any atom is -0.495 e. The quantitative estimate of drug-likeness (QED) is 0.616. The summed E-state index contributed by atoms with van der Waals surface area (Å²) < 4.78 is 7.25. The van der Waals surface area contributed by atoms with E-state index < -0.39 is 0 Å². The van der Waals surface area contributed by atoms with E-state index in [2.05, 4.69) is 18.7 Å². The van der Waals surface area contributed by atoms with Crippen molar-refractivity contribution in [1.82, 2.24) is 19.4 Å². The van der Waals surface area contributed by atoms with Crippen molar-refractivity contribution in [2.45, 2.75) is 39.3 Å². The summed E-state index contributed by atoms with van der Waals surface area (Å²) in [5.74, 6) is 1.46. The first kappa shape index (κ1) is 22.0. The SMILES string of the molecule is CCC(=O)N1CCN(C(C)c2nc3ccccc3c(=O)n2-c2ccccc2OC)CC1C. The first-order valence-electron chi connectivity index (χ1n) is 11.1. The van der Waals surface area contributed by atoms with Gasteiger partial charge in [0.1, 0.15) is 11.6 Å². The topological polar surface area (TPSA) is 67.7 Å². The van der Waals surface area contributed by atoms with E-state index in [4.69, 9.17) is 9.72 Å². The lowest BCUT2D eigenvalue weighted by molar-refractivity contribution is -0.135. The van der Waals surface area contributed by atoms with Gasteiger partial charge in [0.2, 0.25) is 5.91 Å². The Hall–Kier alpha value is -3.19. The molecule has 2 unspecified atom stereocenters. The molecule has 7 heteroatoms. The van der Waals surface area contributed by atoms with E-state index in [-0.39, 0.29) is 23.6 Å². The molecule has 1 aromatic heterocycles. The van der Waals surface area contributed by atoms with Crippen LogP contribution < -0.4 is 10.3 Å². The van der Waals surface area contributed by atoms with Crippen LogP contribution in [0.1, 0.15) is 39.1 Å². The van der Waals surface area contributed by atoms with Gasteiger partial charge in [0.15, 0.2) is 0 Å². The number of carbonyl (C=O) groups excluding carboxylic acids is 1. The van der Waals surface area contributed by atoms with Crippen LogP contribution in [-0.4, -0.2) is 58.0 Å². The number of rotatable bonds is 5. The molecule has 0 spiro atoms. The van der Waals surface area contributed by atoms with Crippen LogP contribution in [0.5, 0.6) is 5.75 Å². The molecule has 2 atom stereocenters. The summed E-state index contributed by atoms with van der Waals surface area (Å²) in [6, 6.07) is 14.9. The average molecular weight is 435 g/mol. The summed E-state index contributed by atoms with van der Waals surface area (Å²) in [5.41, 5.74) is 1.24. The molecule has 1 aliphatic heterocycles. The standard InChI is InChI=1S/C25H30N4O3/c1-5-23(30)28-15-14-27(16-17(28)2)18(3)24-26-20-11-7-6-10-19(20)25(31)29(24)21-12-8-9-13-22(21)32-4/h6-13,17-18H,5,14-16H2,1-4H3. The van der Waals surface area contributed by atoms with Gasteiger partial charge < -0.3 is 9.64 Å². The van der Waals surface area contributed by atoms with Crippen molar-refractivity contribution in [2.75, 3.05) is 26.7 Å². The maximum Gasteiger partial charge on any atom is 0.266 e. The smallest absolute Gasteiger partial charge is 0.266 e. The summed E-state index contributed by atoms with van der Waals surface area (Å²) in [6.45, 7) is 8.17. The number of ether oxygens (including phenoxy) is 1. The van der Waals surface area contributed by atoms with Crippen molar-refractivity contribution < 1.29 is 9.53 Å². The first-order valence-corrected chi connectivity index (χ1v) is 11.1. The Bertz CT molecular complexity index is 1190. The highest BCUT2D eigenvalue weighted by molar-refractivity contribution is 5.78. The van der Waals surface area contributed by atoms with Gasteiger partial charge in [0, 0.05) is 32.1 Å². The molecule has 168 valence electrons. The van der Waals surface area contributed by atoms with Crippen LogP contribution in [0.25, 0.3) is 16.6 Å². The number of carbonyl (C=O) groups is 1. The Labute approximate surface area is 188 Å². The Balaban J connectivity index is 1.82. The lowest BCUT2D eigenvalue weighted by Gasteiger charge is -2.42. The third-order valence-electron chi connectivity index (χ3n) is 6.33. The number of amides is 1. The molecule has 0 N–H and O–H groups in total. The van der Waals surface area contributed by atoms with Crippen LogP contribution in [0.2, 0.25) is 0 Å². The molecule has 3 aromatic rings. The fourth-order valence-corrected chi connectivity index (χ4v) is 4.55. The number of nitrogens with zero attached hydrogens (tertiary/aromatic N) is 4. The number of hydrogen-bond acceptors (Lipinski definition) is 5. The van der Waals surface area contributed by atoms with E-state index >= 15 is 0 Å². The molecule has 0 bridgehead atoms. The third kappa shape index (κ3) is 3.88. The summed E-state index contributed by atoms with van der Waals surface area (Å²) in [6.07, 6.45) is 0.513. The molecule has 32 heavy (non-hydrogen) atoms. The number of benzene rings is 2. The normalized spacial score (nSPS) is 18.0. The maximum absolute atomic E-state index is 13.6.